The zero-order valence-electron chi connectivity index (χ0n) is 17.6. The van der Waals surface area contributed by atoms with Crippen molar-refractivity contribution in [1.82, 2.24) is 0 Å². The van der Waals surface area contributed by atoms with E-state index in [1.54, 1.807) is 43.3 Å². The molecule has 0 aliphatic carbocycles. The Kier molecular flexibility index (Phi) is 7.58. The molecule has 3 rings (SSSR count). The first-order valence-electron chi connectivity index (χ1n) is 9.99. The SMILES string of the molecule is CCOC(=O)CC(=O)N1c2ccc(Cl)cc2C(c2ccccc2F)=NCC1CC(=O)OC. The lowest BCUT2D eigenvalue weighted by atomic mass is 9.99. The number of carbonyl (C=O) groups excluding carboxylic acids is 3. The smallest absolute Gasteiger partial charge is 0.315 e. The summed E-state index contributed by atoms with van der Waals surface area (Å²) in [5, 5.41) is 0.358. The molecule has 168 valence electrons. The van der Waals surface area contributed by atoms with Crippen molar-refractivity contribution in [3.8, 4) is 0 Å². The van der Waals surface area contributed by atoms with Crippen molar-refractivity contribution in [3.05, 3.63) is 64.4 Å². The van der Waals surface area contributed by atoms with E-state index in [1.165, 1.54) is 18.1 Å². The first-order chi connectivity index (χ1) is 15.3. The summed E-state index contributed by atoms with van der Waals surface area (Å²) < 4.78 is 24.3. The Bertz CT molecular complexity index is 1070. The van der Waals surface area contributed by atoms with Crippen molar-refractivity contribution in [3.63, 3.8) is 0 Å². The Morgan fingerprint density at radius 2 is 1.91 bits per heavy atom. The number of halogens is 2. The number of benzene rings is 2. The molecule has 0 fully saturated rings. The van der Waals surface area contributed by atoms with Gasteiger partial charge in [-0.2, -0.15) is 0 Å². The summed E-state index contributed by atoms with van der Waals surface area (Å²) >= 11 is 6.22. The number of amides is 1. The fourth-order valence-electron chi connectivity index (χ4n) is 3.54. The van der Waals surface area contributed by atoms with Crippen LogP contribution >= 0.6 is 11.6 Å². The maximum absolute atomic E-state index is 14.6. The first-order valence-corrected chi connectivity index (χ1v) is 10.4. The molecule has 1 amide bonds. The Hall–Kier alpha value is -3.26. The minimum absolute atomic E-state index is 0.0143. The number of rotatable bonds is 6. The molecule has 9 heteroatoms. The lowest BCUT2D eigenvalue weighted by Crippen LogP contribution is -2.44. The highest BCUT2D eigenvalue weighted by molar-refractivity contribution is 6.32. The van der Waals surface area contributed by atoms with Gasteiger partial charge in [0.15, 0.2) is 0 Å². The largest absolute Gasteiger partial charge is 0.469 e. The van der Waals surface area contributed by atoms with Crippen molar-refractivity contribution in [2.45, 2.75) is 25.8 Å². The van der Waals surface area contributed by atoms with Gasteiger partial charge in [0.05, 0.1) is 44.1 Å². The molecule has 32 heavy (non-hydrogen) atoms. The zero-order valence-corrected chi connectivity index (χ0v) is 18.4. The summed E-state index contributed by atoms with van der Waals surface area (Å²) in [4.78, 5) is 43.2. The fraction of sp³-hybridized carbons (Fsp3) is 0.304. The van der Waals surface area contributed by atoms with Gasteiger partial charge in [-0.1, -0.05) is 23.7 Å². The van der Waals surface area contributed by atoms with E-state index in [9.17, 15) is 18.8 Å². The lowest BCUT2D eigenvalue weighted by molar-refractivity contribution is -0.145. The van der Waals surface area contributed by atoms with Gasteiger partial charge in [0.2, 0.25) is 5.91 Å². The van der Waals surface area contributed by atoms with Gasteiger partial charge in [-0.05, 0) is 37.3 Å². The second kappa shape index (κ2) is 10.4. The molecule has 0 saturated heterocycles. The molecule has 7 nitrogen and oxygen atoms in total. The van der Waals surface area contributed by atoms with E-state index in [0.717, 1.165) is 0 Å². The molecule has 0 aromatic heterocycles. The molecule has 1 heterocycles. The van der Waals surface area contributed by atoms with E-state index in [-0.39, 0.29) is 25.1 Å². The van der Waals surface area contributed by atoms with Crippen molar-refractivity contribution in [1.29, 1.82) is 0 Å². The third kappa shape index (κ3) is 5.13. The van der Waals surface area contributed by atoms with E-state index in [4.69, 9.17) is 21.1 Å². The van der Waals surface area contributed by atoms with Crippen molar-refractivity contribution >= 4 is 40.8 Å². The highest BCUT2D eigenvalue weighted by atomic mass is 35.5. The summed E-state index contributed by atoms with van der Waals surface area (Å²) in [5.41, 5.74) is 1.29. The van der Waals surface area contributed by atoms with Crippen LogP contribution in [0, 0.1) is 5.82 Å². The fourth-order valence-corrected chi connectivity index (χ4v) is 3.71. The Labute approximate surface area is 189 Å². The molecule has 1 aliphatic heterocycles. The highest BCUT2D eigenvalue weighted by Gasteiger charge is 2.34. The summed E-state index contributed by atoms with van der Waals surface area (Å²) in [7, 11) is 1.24. The molecule has 0 radical (unpaired) electrons. The number of carbonyl (C=O) groups is 3. The molecule has 0 bridgehead atoms. The second-order valence-electron chi connectivity index (χ2n) is 7.01. The van der Waals surface area contributed by atoms with E-state index in [1.807, 2.05) is 0 Å². The first kappa shape index (κ1) is 23.4. The van der Waals surface area contributed by atoms with Crippen LogP contribution in [0.1, 0.15) is 30.9 Å². The van der Waals surface area contributed by atoms with Crippen LogP contribution in [-0.4, -0.2) is 49.9 Å². The number of hydrogen-bond donors (Lipinski definition) is 0. The van der Waals surface area contributed by atoms with E-state index < -0.39 is 36.1 Å². The van der Waals surface area contributed by atoms with Gasteiger partial charge in [0, 0.05) is 16.1 Å². The molecule has 1 atom stereocenters. The number of nitrogens with zero attached hydrogens (tertiary/aromatic N) is 2. The van der Waals surface area contributed by atoms with E-state index in [2.05, 4.69) is 4.99 Å². The summed E-state index contributed by atoms with van der Waals surface area (Å²) in [6, 6.07) is 10.1. The van der Waals surface area contributed by atoms with Crippen LogP contribution in [0.4, 0.5) is 10.1 Å². The third-order valence-electron chi connectivity index (χ3n) is 4.93. The standard InChI is InChI=1S/C23H22ClFN2O5/c1-3-32-22(30)12-20(28)27-15(11-21(29)31-2)13-26-23(16-6-4-5-7-18(16)25)17-10-14(24)8-9-19(17)27/h4-10,15H,3,11-13H2,1-2H3. The number of benzodiazepines with no additional fused rings is 1. The van der Waals surface area contributed by atoms with Crippen LogP contribution in [-0.2, 0) is 23.9 Å². The van der Waals surface area contributed by atoms with E-state index >= 15 is 0 Å². The Balaban J connectivity index is 2.15. The van der Waals surface area contributed by atoms with Gasteiger partial charge < -0.3 is 14.4 Å². The predicted octanol–water partition coefficient (Wildman–Crippen LogP) is 3.55. The van der Waals surface area contributed by atoms with Gasteiger partial charge >= 0.3 is 11.9 Å². The van der Waals surface area contributed by atoms with Gasteiger partial charge in [0.25, 0.3) is 0 Å². The molecule has 1 aliphatic rings. The minimum atomic E-state index is -0.756. The van der Waals surface area contributed by atoms with Crippen LogP contribution in [0.5, 0.6) is 0 Å². The molecule has 0 spiro atoms. The lowest BCUT2D eigenvalue weighted by Gasteiger charge is -2.30. The summed E-state index contributed by atoms with van der Waals surface area (Å²) in [6.07, 6.45) is -0.691. The number of esters is 2. The molecule has 0 N–H and O–H groups in total. The van der Waals surface area contributed by atoms with Crippen LogP contribution in [0.25, 0.3) is 0 Å². The normalized spacial score (nSPS) is 15.3. The Morgan fingerprint density at radius 3 is 2.59 bits per heavy atom. The quantitative estimate of drug-likeness (QED) is 0.486. The third-order valence-corrected chi connectivity index (χ3v) is 5.16. The van der Waals surface area contributed by atoms with Gasteiger partial charge in [-0.25, -0.2) is 4.39 Å². The van der Waals surface area contributed by atoms with Crippen molar-refractivity contribution < 1.29 is 28.2 Å². The van der Waals surface area contributed by atoms with Crippen molar-refractivity contribution in [2.75, 3.05) is 25.2 Å². The van der Waals surface area contributed by atoms with Crippen LogP contribution in [0.15, 0.2) is 47.5 Å². The maximum Gasteiger partial charge on any atom is 0.315 e. The number of methoxy groups -OCH3 is 1. The molecule has 2 aromatic rings. The van der Waals surface area contributed by atoms with Crippen LogP contribution < -0.4 is 4.90 Å². The Morgan fingerprint density at radius 1 is 1.16 bits per heavy atom. The number of anilines is 1. The van der Waals surface area contributed by atoms with Gasteiger partial charge in [0.1, 0.15) is 12.2 Å². The van der Waals surface area contributed by atoms with Crippen LogP contribution in [0.3, 0.4) is 0 Å². The zero-order chi connectivity index (χ0) is 23.3. The molecular formula is C23H22ClFN2O5. The maximum atomic E-state index is 14.6. The van der Waals surface area contributed by atoms with Crippen LogP contribution in [0.2, 0.25) is 5.02 Å². The number of aliphatic imine (C=N–C) groups is 1. The average Bonchev–Trinajstić information content (AvgIpc) is 2.90. The number of fused-ring (bicyclic) bond motifs is 1. The molecule has 2 aromatic carbocycles. The predicted molar refractivity (Wildman–Crippen MR) is 118 cm³/mol. The average molecular weight is 461 g/mol. The molecule has 1 unspecified atom stereocenters. The minimum Gasteiger partial charge on any atom is -0.469 e. The monoisotopic (exact) mass is 460 g/mol. The second-order valence-corrected chi connectivity index (χ2v) is 7.45. The molecule has 0 saturated carbocycles. The highest BCUT2D eigenvalue weighted by Crippen LogP contribution is 2.33. The molecular weight excluding hydrogens is 439 g/mol. The summed E-state index contributed by atoms with van der Waals surface area (Å²) in [5.74, 6) is -2.31. The number of hydrogen-bond acceptors (Lipinski definition) is 6. The summed E-state index contributed by atoms with van der Waals surface area (Å²) in [6.45, 7) is 1.75. The van der Waals surface area contributed by atoms with E-state index in [0.29, 0.717) is 22.0 Å². The number of ether oxygens (including phenoxy) is 2. The van der Waals surface area contributed by atoms with Gasteiger partial charge in [-0.15, -0.1) is 0 Å². The van der Waals surface area contributed by atoms with Gasteiger partial charge in [-0.3, -0.25) is 19.4 Å². The topological polar surface area (TPSA) is 85.3 Å². The van der Waals surface area contributed by atoms with Crippen molar-refractivity contribution in [2.24, 2.45) is 4.99 Å².